The summed E-state index contributed by atoms with van der Waals surface area (Å²) in [4.78, 5) is 15.7. The van der Waals surface area contributed by atoms with Gasteiger partial charge >= 0.3 is 6.09 Å². The minimum atomic E-state index is -3.07. The Morgan fingerprint density at radius 3 is 2.49 bits per heavy atom. The Hall–Kier alpha value is -1.30. The van der Waals surface area contributed by atoms with Crippen LogP contribution in [0.1, 0.15) is 53.9 Å². The Labute approximate surface area is 223 Å². The van der Waals surface area contributed by atoms with Crippen LogP contribution < -0.4 is 19.6 Å². The van der Waals surface area contributed by atoms with Crippen molar-refractivity contribution >= 4 is 64.2 Å². The summed E-state index contributed by atoms with van der Waals surface area (Å²) < 4.78 is 14.2. The molecule has 0 radical (unpaired) electrons. The molecule has 0 bridgehead atoms. The number of fused-ring (bicyclic) bond motifs is 1. The third-order valence-electron chi connectivity index (χ3n) is 6.80. The molecule has 1 aliphatic heterocycles. The SMILES string of the molecule is CCN(CC)c1ccc2c(c1)OC(=O)N(c1ccc(Cl)c(Cl)c1)[P@@]2(=S)O[C@@H]1C[C@H](C)CC(C)(C)C1. The van der Waals surface area contributed by atoms with Gasteiger partial charge in [-0.05, 0) is 86.6 Å². The summed E-state index contributed by atoms with van der Waals surface area (Å²) in [6.45, 7) is 12.7. The lowest BCUT2D eigenvalue weighted by Crippen LogP contribution is -2.43. The highest BCUT2D eigenvalue weighted by molar-refractivity contribution is 8.17. The topological polar surface area (TPSA) is 42.0 Å². The minimum absolute atomic E-state index is 0.0638. The monoisotopic (exact) mass is 554 g/mol. The van der Waals surface area contributed by atoms with E-state index in [9.17, 15) is 4.79 Å². The largest absolute Gasteiger partial charge is 0.425 e. The van der Waals surface area contributed by atoms with Crippen LogP contribution in [-0.4, -0.2) is 25.3 Å². The molecular weight excluding hydrogens is 522 g/mol. The van der Waals surface area contributed by atoms with Gasteiger partial charge in [-0.3, -0.25) is 0 Å². The number of rotatable bonds is 6. The van der Waals surface area contributed by atoms with Gasteiger partial charge in [-0.15, -0.1) is 0 Å². The predicted molar refractivity (Wildman–Crippen MR) is 151 cm³/mol. The first-order valence-corrected chi connectivity index (χ1v) is 15.6. The summed E-state index contributed by atoms with van der Waals surface area (Å²) in [6.07, 6.45) is -0.773. The van der Waals surface area contributed by atoms with Crippen molar-refractivity contribution in [2.24, 2.45) is 11.3 Å². The molecule has 0 N–H and O–H groups in total. The minimum Gasteiger partial charge on any atom is -0.409 e. The number of hydrogen-bond donors (Lipinski definition) is 0. The molecular formula is C26H33Cl2N2O3PS. The predicted octanol–water partition coefficient (Wildman–Crippen LogP) is 8.02. The van der Waals surface area contributed by atoms with Crippen molar-refractivity contribution in [3.05, 3.63) is 46.4 Å². The van der Waals surface area contributed by atoms with Crippen molar-refractivity contribution in [1.29, 1.82) is 0 Å². The van der Waals surface area contributed by atoms with Crippen molar-refractivity contribution in [1.82, 2.24) is 0 Å². The number of carbonyl (C=O) groups excluding carboxylic acids is 1. The maximum atomic E-state index is 13.5. The molecule has 0 aromatic heterocycles. The van der Waals surface area contributed by atoms with Crippen LogP contribution in [0, 0.1) is 11.3 Å². The first kappa shape index (κ1) is 26.8. The zero-order valence-corrected chi connectivity index (χ0v) is 24.1. The highest BCUT2D eigenvalue weighted by Gasteiger charge is 2.46. The van der Waals surface area contributed by atoms with E-state index in [0.717, 1.165) is 43.3 Å². The molecule has 4 rings (SSSR count). The Kier molecular flexibility index (Phi) is 7.81. The number of carbonyl (C=O) groups is 1. The van der Waals surface area contributed by atoms with Crippen LogP contribution in [-0.2, 0) is 16.3 Å². The smallest absolute Gasteiger partial charge is 0.409 e. The second-order valence-corrected chi connectivity index (χ2v) is 14.7. The van der Waals surface area contributed by atoms with Gasteiger partial charge in [-0.25, -0.2) is 9.46 Å². The van der Waals surface area contributed by atoms with Crippen molar-refractivity contribution in [3.63, 3.8) is 0 Å². The van der Waals surface area contributed by atoms with E-state index in [4.69, 9.17) is 44.3 Å². The third-order valence-corrected chi connectivity index (χ3v) is 11.4. The van der Waals surface area contributed by atoms with Gasteiger partial charge in [-0.2, -0.15) is 0 Å². The number of benzene rings is 2. The zero-order chi connectivity index (χ0) is 25.5. The lowest BCUT2D eigenvalue weighted by atomic mass is 9.72. The van der Waals surface area contributed by atoms with Crippen LogP contribution in [0.3, 0.4) is 0 Å². The van der Waals surface area contributed by atoms with Crippen molar-refractivity contribution in [3.8, 4) is 5.75 Å². The molecule has 0 saturated heterocycles. The molecule has 5 nitrogen and oxygen atoms in total. The molecule has 9 heteroatoms. The summed E-state index contributed by atoms with van der Waals surface area (Å²) in [5, 5.41) is 1.49. The van der Waals surface area contributed by atoms with Crippen LogP contribution in [0.5, 0.6) is 5.75 Å². The second-order valence-electron chi connectivity index (χ2n) is 10.3. The molecule has 2 aromatic carbocycles. The summed E-state index contributed by atoms with van der Waals surface area (Å²) in [7, 11) is 0. The van der Waals surface area contributed by atoms with Crippen molar-refractivity contribution in [2.45, 2.75) is 60.0 Å². The average molecular weight is 556 g/mol. The maximum absolute atomic E-state index is 13.5. The van der Waals surface area contributed by atoms with E-state index < -0.39 is 12.5 Å². The third kappa shape index (κ3) is 5.38. The van der Waals surface area contributed by atoms with Crippen molar-refractivity contribution < 1.29 is 14.1 Å². The van der Waals surface area contributed by atoms with E-state index in [1.165, 1.54) is 4.67 Å². The lowest BCUT2D eigenvalue weighted by molar-refractivity contribution is 0.0645. The normalized spacial score (nSPS) is 25.7. The fourth-order valence-electron chi connectivity index (χ4n) is 5.47. The van der Waals surface area contributed by atoms with Crippen molar-refractivity contribution in [2.75, 3.05) is 22.7 Å². The molecule has 0 unspecified atom stereocenters. The molecule has 0 spiro atoms. The Morgan fingerprint density at radius 2 is 1.86 bits per heavy atom. The van der Waals surface area contributed by atoms with Crippen LogP contribution in [0.25, 0.3) is 0 Å². The number of halogens is 2. The van der Waals surface area contributed by atoms with E-state index in [1.54, 1.807) is 18.2 Å². The van der Waals surface area contributed by atoms with Gasteiger partial charge in [0.25, 0.3) is 0 Å². The second kappa shape index (κ2) is 10.2. The fraction of sp³-hybridized carbons (Fsp3) is 0.500. The fourth-order valence-corrected chi connectivity index (χ4v) is 9.39. The first-order chi connectivity index (χ1) is 16.5. The number of ether oxygens (including phenoxy) is 1. The number of nitrogens with zero attached hydrogens (tertiary/aromatic N) is 2. The zero-order valence-electron chi connectivity index (χ0n) is 20.9. The van der Waals surface area contributed by atoms with Crippen LogP contribution in [0.15, 0.2) is 36.4 Å². The quantitative estimate of drug-likeness (QED) is 0.338. The van der Waals surface area contributed by atoms with E-state index in [-0.39, 0.29) is 11.5 Å². The first-order valence-electron chi connectivity index (χ1n) is 12.1. The molecule has 1 aliphatic carbocycles. The molecule has 190 valence electrons. The van der Waals surface area contributed by atoms with E-state index in [2.05, 4.69) is 39.5 Å². The summed E-state index contributed by atoms with van der Waals surface area (Å²) in [5.41, 5.74) is 1.64. The molecule has 1 saturated carbocycles. The van der Waals surface area contributed by atoms with Crippen LogP contribution in [0.4, 0.5) is 16.2 Å². The molecule has 1 amide bonds. The lowest BCUT2D eigenvalue weighted by Gasteiger charge is -2.44. The number of hydrogen-bond acceptors (Lipinski definition) is 5. The van der Waals surface area contributed by atoms with Gasteiger partial charge in [-0.1, -0.05) is 44.0 Å². The standard InChI is InChI=1S/C26H33Cl2N2O3PS/c1-6-29(7-2)18-9-11-24-23(14-18)32-25(31)30(19-8-10-21(27)22(28)13-19)34(24,35)33-20-12-17(3)15-26(4,5)16-20/h8-11,13-14,17,20H,6-7,12,15-16H2,1-5H3/t17-,20+,34+/m0/s1. The number of anilines is 2. The van der Waals surface area contributed by atoms with Gasteiger partial charge in [0.1, 0.15) is 5.75 Å². The molecule has 1 heterocycles. The van der Waals surface area contributed by atoms with Gasteiger partial charge < -0.3 is 14.2 Å². The molecule has 3 atom stereocenters. The van der Waals surface area contributed by atoms with E-state index >= 15 is 0 Å². The summed E-state index contributed by atoms with van der Waals surface area (Å²) in [6, 6.07) is 11.0. The molecule has 2 aliphatic rings. The van der Waals surface area contributed by atoms with E-state index in [1.807, 2.05) is 18.2 Å². The van der Waals surface area contributed by atoms with Gasteiger partial charge in [0.2, 0.25) is 0 Å². The van der Waals surface area contributed by atoms with Gasteiger partial charge in [0.15, 0.2) is 6.42 Å². The van der Waals surface area contributed by atoms with Gasteiger partial charge in [0.05, 0.1) is 27.1 Å². The highest BCUT2D eigenvalue weighted by Crippen LogP contribution is 2.60. The molecule has 35 heavy (non-hydrogen) atoms. The van der Waals surface area contributed by atoms with Gasteiger partial charge in [0, 0.05) is 24.8 Å². The van der Waals surface area contributed by atoms with E-state index in [0.29, 0.717) is 27.4 Å². The Bertz CT molecular complexity index is 1170. The maximum Gasteiger partial charge on any atom is 0.425 e. The Morgan fingerprint density at radius 1 is 1.14 bits per heavy atom. The number of amides is 1. The summed E-state index contributed by atoms with van der Waals surface area (Å²) in [5.74, 6) is 0.979. The summed E-state index contributed by atoms with van der Waals surface area (Å²) >= 11 is 18.8. The molecule has 1 fully saturated rings. The Balaban J connectivity index is 1.83. The van der Waals surface area contributed by atoms with Crippen LogP contribution >= 0.6 is 29.6 Å². The van der Waals surface area contributed by atoms with Crippen LogP contribution in [0.2, 0.25) is 10.0 Å². The average Bonchev–Trinajstić information content (AvgIpc) is 2.75. The highest BCUT2D eigenvalue weighted by atomic mass is 35.5. The molecule has 2 aromatic rings.